The number of hydrogen-bond donors (Lipinski definition) is 1. The van der Waals surface area contributed by atoms with Gasteiger partial charge in [-0.1, -0.05) is 30.3 Å². The van der Waals surface area contributed by atoms with Gasteiger partial charge in [-0.3, -0.25) is 4.79 Å². The van der Waals surface area contributed by atoms with Gasteiger partial charge in [0.2, 0.25) is 5.91 Å². The van der Waals surface area contributed by atoms with Crippen molar-refractivity contribution in [3.8, 4) is 0 Å². The summed E-state index contributed by atoms with van der Waals surface area (Å²) in [5.74, 6) is -0.461. The second kappa shape index (κ2) is 5.12. The molecule has 0 aliphatic carbocycles. The molecule has 86 valence electrons. The highest BCUT2D eigenvalue weighted by atomic mass is 16.1. The lowest BCUT2D eigenvalue weighted by atomic mass is 10.2. The van der Waals surface area contributed by atoms with Gasteiger partial charge in [0.15, 0.2) is 0 Å². The molecule has 0 unspecified atom stereocenters. The molecular weight excluding hydrogens is 214 g/mol. The van der Waals surface area contributed by atoms with Crippen molar-refractivity contribution in [3.05, 3.63) is 60.2 Å². The molecular formula is C13H13N3O. The fraction of sp³-hybridized carbons (Fsp3) is 0.0769. The number of primary amides is 1. The third-order valence-electron chi connectivity index (χ3n) is 2.36. The highest BCUT2D eigenvalue weighted by Crippen LogP contribution is 2.07. The second-order valence-corrected chi connectivity index (χ2v) is 3.67. The van der Waals surface area contributed by atoms with Crippen molar-refractivity contribution in [3.63, 3.8) is 0 Å². The normalized spacial score (nSPS) is 10.8. The summed E-state index contributed by atoms with van der Waals surface area (Å²) in [5.41, 5.74) is 7.09. The van der Waals surface area contributed by atoms with Crippen molar-refractivity contribution in [1.82, 2.24) is 9.55 Å². The largest absolute Gasteiger partial charge is 0.366 e. The standard InChI is InChI=1S/C13H13N3O/c14-13(17)7-6-12-8-15-10-16(12)9-11-4-2-1-3-5-11/h1-8,10H,9H2,(H2,14,17)/b7-6+. The molecule has 0 saturated carbocycles. The van der Waals surface area contributed by atoms with Gasteiger partial charge < -0.3 is 10.3 Å². The molecule has 2 rings (SSSR count). The van der Waals surface area contributed by atoms with E-state index >= 15 is 0 Å². The van der Waals surface area contributed by atoms with Gasteiger partial charge in [0.05, 0.1) is 18.2 Å². The summed E-state index contributed by atoms with van der Waals surface area (Å²) >= 11 is 0. The number of rotatable bonds is 4. The summed E-state index contributed by atoms with van der Waals surface area (Å²) in [5, 5.41) is 0. The Labute approximate surface area is 99.4 Å². The van der Waals surface area contributed by atoms with Crippen LogP contribution in [0.1, 0.15) is 11.3 Å². The van der Waals surface area contributed by atoms with Crippen LogP contribution in [0.4, 0.5) is 0 Å². The van der Waals surface area contributed by atoms with Gasteiger partial charge in [0.25, 0.3) is 0 Å². The number of carbonyl (C=O) groups is 1. The molecule has 0 aliphatic heterocycles. The van der Waals surface area contributed by atoms with E-state index in [-0.39, 0.29) is 0 Å². The van der Waals surface area contributed by atoms with Crippen molar-refractivity contribution in [2.75, 3.05) is 0 Å². The first-order chi connectivity index (χ1) is 8.25. The Hall–Kier alpha value is -2.36. The van der Waals surface area contributed by atoms with E-state index in [2.05, 4.69) is 4.98 Å². The van der Waals surface area contributed by atoms with Gasteiger partial charge in [-0.05, 0) is 11.6 Å². The number of imidazole rings is 1. The van der Waals surface area contributed by atoms with E-state index in [1.165, 1.54) is 11.6 Å². The Balaban J connectivity index is 2.17. The molecule has 0 spiro atoms. The zero-order chi connectivity index (χ0) is 12.1. The van der Waals surface area contributed by atoms with Gasteiger partial charge >= 0.3 is 0 Å². The molecule has 0 radical (unpaired) electrons. The summed E-state index contributed by atoms with van der Waals surface area (Å²) in [7, 11) is 0. The van der Waals surface area contributed by atoms with Crippen LogP contribution in [0, 0.1) is 0 Å². The first kappa shape index (κ1) is 11.1. The quantitative estimate of drug-likeness (QED) is 0.803. The molecule has 17 heavy (non-hydrogen) atoms. The van der Waals surface area contributed by atoms with E-state index in [0.717, 1.165) is 12.2 Å². The maximum absolute atomic E-state index is 10.7. The Morgan fingerprint density at radius 3 is 2.82 bits per heavy atom. The van der Waals surface area contributed by atoms with E-state index in [9.17, 15) is 4.79 Å². The number of nitrogens with two attached hydrogens (primary N) is 1. The number of nitrogens with zero attached hydrogens (tertiary/aromatic N) is 2. The molecule has 0 atom stereocenters. The van der Waals surface area contributed by atoms with Crippen molar-refractivity contribution < 1.29 is 4.79 Å². The number of benzene rings is 1. The molecule has 1 aromatic carbocycles. The summed E-state index contributed by atoms with van der Waals surface area (Å²) in [6.45, 7) is 0.722. The van der Waals surface area contributed by atoms with E-state index in [1.807, 2.05) is 34.9 Å². The lowest BCUT2D eigenvalue weighted by molar-refractivity contribution is -0.113. The first-order valence-corrected chi connectivity index (χ1v) is 5.27. The molecule has 1 amide bonds. The summed E-state index contributed by atoms with van der Waals surface area (Å²) < 4.78 is 1.95. The minimum Gasteiger partial charge on any atom is -0.366 e. The fourth-order valence-corrected chi connectivity index (χ4v) is 1.55. The summed E-state index contributed by atoms with van der Waals surface area (Å²) in [4.78, 5) is 14.7. The number of hydrogen-bond acceptors (Lipinski definition) is 2. The minimum atomic E-state index is -0.461. The number of amides is 1. The van der Waals surface area contributed by atoms with E-state index in [4.69, 9.17) is 5.73 Å². The fourth-order valence-electron chi connectivity index (χ4n) is 1.55. The Morgan fingerprint density at radius 1 is 1.35 bits per heavy atom. The average molecular weight is 227 g/mol. The Kier molecular flexibility index (Phi) is 3.35. The van der Waals surface area contributed by atoms with E-state index in [1.54, 1.807) is 18.6 Å². The molecule has 2 aromatic rings. The summed E-state index contributed by atoms with van der Waals surface area (Å²) in [6, 6.07) is 10.0. The smallest absolute Gasteiger partial charge is 0.241 e. The zero-order valence-electron chi connectivity index (χ0n) is 9.28. The van der Waals surface area contributed by atoms with Crippen molar-refractivity contribution in [1.29, 1.82) is 0 Å². The molecule has 1 aromatic heterocycles. The van der Waals surface area contributed by atoms with Crippen LogP contribution in [0.2, 0.25) is 0 Å². The third-order valence-corrected chi connectivity index (χ3v) is 2.36. The highest BCUT2D eigenvalue weighted by molar-refractivity contribution is 5.89. The Bertz CT molecular complexity index is 529. The predicted octanol–water partition coefficient (Wildman–Crippen LogP) is 1.43. The molecule has 0 fully saturated rings. The molecule has 2 N–H and O–H groups in total. The molecule has 1 heterocycles. The van der Waals surface area contributed by atoms with Crippen LogP contribution in [-0.2, 0) is 11.3 Å². The van der Waals surface area contributed by atoms with Crippen molar-refractivity contribution in [2.24, 2.45) is 5.73 Å². The molecule has 4 nitrogen and oxygen atoms in total. The minimum absolute atomic E-state index is 0.461. The number of aromatic nitrogens is 2. The third kappa shape index (κ3) is 3.04. The molecule has 0 bridgehead atoms. The predicted molar refractivity (Wildman–Crippen MR) is 66.0 cm³/mol. The van der Waals surface area contributed by atoms with Crippen LogP contribution in [0.3, 0.4) is 0 Å². The monoisotopic (exact) mass is 227 g/mol. The Morgan fingerprint density at radius 2 is 2.12 bits per heavy atom. The molecule has 0 saturated heterocycles. The second-order valence-electron chi connectivity index (χ2n) is 3.67. The number of carbonyl (C=O) groups excluding carboxylic acids is 1. The average Bonchev–Trinajstić information content (AvgIpc) is 2.75. The van der Waals surface area contributed by atoms with Crippen LogP contribution >= 0.6 is 0 Å². The van der Waals surface area contributed by atoms with Crippen LogP contribution in [0.25, 0.3) is 6.08 Å². The maximum Gasteiger partial charge on any atom is 0.241 e. The zero-order valence-corrected chi connectivity index (χ0v) is 9.28. The maximum atomic E-state index is 10.7. The molecule has 4 heteroatoms. The van der Waals surface area contributed by atoms with Gasteiger partial charge in [-0.25, -0.2) is 4.98 Å². The highest BCUT2D eigenvalue weighted by Gasteiger charge is 1.99. The molecule has 0 aliphatic rings. The van der Waals surface area contributed by atoms with Crippen molar-refractivity contribution >= 4 is 12.0 Å². The van der Waals surface area contributed by atoms with Gasteiger partial charge in [0, 0.05) is 12.6 Å². The van der Waals surface area contributed by atoms with E-state index in [0.29, 0.717) is 0 Å². The lowest BCUT2D eigenvalue weighted by Crippen LogP contribution is -2.06. The van der Waals surface area contributed by atoms with Gasteiger partial charge in [0.1, 0.15) is 0 Å². The topological polar surface area (TPSA) is 60.9 Å². The van der Waals surface area contributed by atoms with Crippen LogP contribution in [0.15, 0.2) is 48.9 Å². The van der Waals surface area contributed by atoms with Crippen molar-refractivity contribution in [2.45, 2.75) is 6.54 Å². The van der Waals surface area contributed by atoms with Crippen LogP contribution < -0.4 is 5.73 Å². The lowest BCUT2D eigenvalue weighted by Gasteiger charge is -2.04. The SMILES string of the molecule is NC(=O)/C=C/c1cncn1Cc1ccccc1. The van der Waals surface area contributed by atoms with E-state index < -0.39 is 5.91 Å². The van der Waals surface area contributed by atoms with Gasteiger partial charge in [-0.15, -0.1) is 0 Å². The van der Waals surface area contributed by atoms with Crippen LogP contribution in [0.5, 0.6) is 0 Å². The first-order valence-electron chi connectivity index (χ1n) is 5.27. The summed E-state index contributed by atoms with van der Waals surface area (Å²) in [6.07, 6.45) is 6.42. The van der Waals surface area contributed by atoms with Gasteiger partial charge in [-0.2, -0.15) is 0 Å². The van der Waals surface area contributed by atoms with Crippen LogP contribution in [-0.4, -0.2) is 15.5 Å².